The number of ether oxygens (including phenoxy) is 2. The van der Waals surface area contributed by atoms with Gasteiger partial charge in [0, 0.05) is 18.8 Å². The average molecular weight is 288 g/mol. The zero-order valence-electron chi connectivity index (χ0n) is 12.6. The molecule has 0 aliphatic carbocycles. The van der Waals surface area contributed by atoms with E-state index in [9.17, 15) is 4.79 Å². The van der Waals surface area contributed by atoms with Gasteiger partial charge in [0.2, 0.25) is 12.1 Å². The molecule has 0 radical (unpaired) electrons. The van der Waals surface area contributed by atoms with Crippen molar-refractivity contribution in [1.82, 2.24) is 0 Å². The molecule has 4 nitrogen and oxygen atoms in total. The summed E-state index contributed by atoms with van der Waals surface area (Å²) in [6.07, 6.45) is 0.698. The Morgan fingerprint density at radius 3 is 2.33 bits per heavy atom. The molecule has 0 bridgehead atoms. The number of Topliss-reactive ketones (excluding diaryl/α,β-unsaturated/α-hetero) is 1. The van der Waals surface area contributed by atoms with Crippen LogP contribution >= 0.6 is 0 Å². The molecule has 1 aromatic heterocycles. The van der Waals surface area contributed by atoms with Crippen molar-refractivity contribution in [2.45, 2.75) is 27.1 Å². The number of rotatable bonds is 7. The van der Waals surface area contributed by atoms with E-state index < -0.39 is 6.29 Å². The average Bonchev–Trinajstić information content (AvgIpc) is 2.89. The van der Waals surface area contributed by atoms with Crippen LogP contribution in [-0.4, -0.2) is 25.3 Å². The highest BCUT2D eigenvalue weighted by molar-refractivity contribution is 6.04. The fourth-order valence-corrected chi connectivity index (χ4v) is 2.17. The Morgan fingerprint density at radius 1 is 1.14 bits per heavy atom. The molecule has 112 valence electrons. The summed E-state index contributed by atoms with van der Waals surface area (Å²) in [6, 6.07) is 9.55. The quantitative estimate of drug-likeness (QED) is 0.574. The molecular formula is C17H20O4. The third kappa shape index (κ3) is 3.40. The number of hydrogen-bond acceptors (Lipinski definition) is 4. The molecule has 0 atom stereocenters. The summed E-state index contributed by atoms with van der Waals surface area (Å²) in [5.74, 6) is 0.353. The van der Waals surface area contributed by atoms with Gasteiger partial charge in [0.05, 0.1) is 11.8 Å². The van der Waals surface area contributed by atoms with Gasteiger partial charge in [0.1, 0.15) is 5.76 Å². The second kappa shape index (κ2) is 7.20. The van der Waals surface area contributed by atoms with Gasteiger partial charge < -0.3 is 13.9 Å². The van der Waals surface area contributed by atoms with E-state index in [0.717, 1.165) is 11.1 Å². The van der Waals surface area contributed by atoms with E-state index in [-0.39, 0.29) is 5.78 Å². The molecule has 4 heteroatoms. The van der Waals surface area contributed by atoms with Gasteiger partial charge in [-0.25, -0.2) is 0 Å². The minimum Gasteiger partial charge on any atom is -0.463 e. The van der Waals surface area contributed by atoms with Crippen LogP contribution in [0.5, 0.6) is 0 Å². The zero-order chi connectivity index (χ0) is 15.2. The van der Waals surface area contributed by atoms with Gasteiger partial charge in [-0.3, -0.25) is 4.79 Å². The van der Waals surface area contributed by atoms with Gasteiger partial charge >= 0.3 is 0 Å². The minimum atomic E-state index is -0.890. The fourth-order valence-electron chi connectivity index (χ4n) is 2.17. The van der Waals surface area contributed by atoms with Crippen molar-refractivity contribution in [3.05, 3.63) is 47.7 Å². The van der Waals surface area contributed by atoms with Crippen molar-refractivity contribution < 1.29 is 18.7 Å². The molecule has 1 heterocycles. The SMILES string of the molecule is CCOC(OCC)C(=O)c1c(C)coc1-c1ccccc1. The number of aryl methyl sites for hydroxylation is 1. The fraction of sp³-hybridized carbons (Fsp3) is 0.353. The molecule has 0 N–H and O–H groups in total. The Bertz CT molecular complexity index is 580. The maximum absolute atomic E-state index is 12.7. The normalized spacial score (nSPS) is 11.0. The van der Waals surface area contributed by atoms with Crippen molar-refractivity contribution >= 4 is 5.78 Å². The number of carbonyl (C=O) groups is 1. The van der Waals surface area contributed by atoms with Crippen molar-refractivity contribution in [2.24, 2.45) is 0 Å². The molecule has 0 aliphatic rings. The third-order valence-corrected chi connectivity index (χ3v) is 3.11. The highest BCUT2D eigenvalue weighted by Gasteiger charge is 2.27. The number of benzene rings is 1. The van der Waals surface area contributed by atoms with E-state index in [0.29, 0.717) is 24.5 Å². The van der Waals surface area contributed by atoms with Crippen LogP contribution < -0.4 is 0 Å². The zero-order valence-corrected chi connectivity index (χ0v) is 12.6. The minimum absolute atomic E-state index is 0.205. The van der Waals surface area contributed by atoms with Crippen molar-refractivity contribution in [2.75, 3.05) is 13.2 Å². The molecule has 1 aromatic carbocycles. The van der Waals surface area contributed by atoms with Crippen molar-refractivity contribution in [1.29, 1.82) is 0 Å². The first-order valence-corrected chi connectivity index (χ1v) is 7.09. The van der Waals surface area contributed by atoms with Gasteiger partial charge in [-0.05, 0) is 26.3 Å². The number of ketones is 1. The van der Waals surface area contributed by atoms with E-state index in [1.54, 1.807) is 6.26 Å². The van der Waals surface area contributed by atoms with Crippen LogP contribution in [-0.2, 0) is 9.47 Å². The third-order valence-electron chi connectivity index (χ3n) is 3.11. The lowest BCUT2D eigenvalue weighted by atomic mass is 10.0. The highest BCUT2D eigenvalue weighted by atomic mass is 16.7. The number of hydrogen-bond donors (Lipinski definition) is 0. The molecule has 0 saturated carbocycles. The first-order chi connectivity index (χ1) is 10.2. The molecule has 0 fully saturated rings. The Kier molecular flexibility index (Phi) is 5.31. The van der Waals surface area contributed by atoms with E-state index >= 15 is 0 Å². The van der Waals surface area contributed by atoms with E-state index in [1.807, 2.05) is 51.1 Å². The summed E-state index contributed by atoms with van der Waals surface area (Å²) in [7, 11) is 0. The maximum atomic E-state index is 12.7. The smallest absolute Gasteiger partial charge is 0.222 e. The molecule has 0 aliphatic heterocycles. The second-order valence-electron chi connectivity index (χ2n) is 4.60. The van der Waals surface area contributed by atoms with Crippen molar-refractivity contribution in [3.63, 3.8) is 0 Å². The van der Waals surface area contributed by atoms with Gasteiger partial charge in [-0.2, -0.15) is 0 Å². The standard InChI is InChI=1S/C17H20O4/c1-4-19-17(20-5-2)15(18)14-12(3)11-21-16(14)13-9-7-6-8-10-13/h6-11,17H,4-5H2,1-3H3. The lowest BCUT2D eigenvalue weighted by molar-refractivity contribution is -0.107. The summed E-state index contributed by atoms with van der Waals surface area (Å²) in [4.78, 5) is 12.7. The Morgan fingerprint density at radius 2 is 1.76 bits per heavy atom. The molecule has 2 aromatic rings. The molecule has 0 saturated heterocycles. The summed E-state index contributed by atoms with van der Waals surface area (Å²) in [5, 5.41) is 0. The predicted octanol–water partition coefficient (Wildman–Crippen LogP) is 3.84. The predicted molar refractivity (Wildman–Crippen MR) is 80.3 cm³/mol. The van der Waals surface area contributed by atoms with Crippen LogP contribution in [0.15, 0.2) is 41.0 Å². The molecule has 21 heavy (non-hydrogen) atoms. The van der Waals surface area contributed by atoms with Crippen LogP contribution in [0.4, 0.5) is 0 Å². The second-order valence-corrected chi connectivity index (χ2v) is 4.60. The maximum Gasteiger partial charge on any atom is 0.222 e. The summed E-state index contributed by atoms with van der Waals surface area (Å²) in [6.45, 7) is 6.33. The highest BCUT2D eigenvalue weighted by Crippen LogP contribution is 2.29. The van der Waals surface area contributed by atoms with E-state index in [1.165, 1.54) is 0 Å². The Hall–Kier alpha value is -1.91. The van der Waals surface area contributed by atoms with Crippen LogP contribution in [0, 0.1) is 6.92 Å². The molecule has 0 spiro atoms. The first-order valence-electron chi connectivity index (χ1n) is 7.09. The summed E-state index contributed by atoms with van der Waals surface area (Å²) >= 11 is 0. The van der Waals surface area contributed by atoms with Gasteiger partial charge in [-0.1, -0.05) is 30.3 Å². The van der Waals surface area contributed by atoms with Crippen LogP contribution in [0.25, 0.3) is 11.3 Å². The molecular weight excluding hydrogens is 268 g/mol. The van der Waals surface area contributed by atoms with Gasteiger partial charge in [0.25, 0.3) is 0 Å². The lowest BCUT2D eigenvalue weighted by Gasteiger charge is -2.16. The molecule has 0 unspecified atom stereocenters. The Balaban J connectivity index is 2.39. The summed E-state index contributed by atoms with van der Waals surface area (Å²) < 4.78 is 16.4. The number of furan rings is 1. The topological polar surface area (TPSA) is 48.7 Å². The monoisotopic (exact) mass is 288 g/mol. The number of carbonyl (C=O) groups excluding carboxylic acids is 1. The van der Waals surface area contributed by atoms with Gasteiger partial charge in [-0.15, -0.1) is 0 Å². The Labute approximate surface area is 124 Å². The molecule has 2 rings (SSSR count). The lowest BCUT2D eigenvalue weighted by Crippen LogP contribution is -2.28. The van der Waals surface area contributed by atoms with E-state index in [4.69, 9.17) is 13.9 Å². The van der Waals surface area contributed by atoms with Crippen molar-refractivity contribution in [3.8, 4) is 11.3 Å². The largest absolute Gasteiger partial charge is 0.463 e. The first kappa shape index (κ1) is 15.5. The summed E-state index contributed by atoms with van der Waals surface area (Å²) in [5.41, 5.74) is 2.16. The van der Waals surface area contributed by atoms with Crippen LogP contribution in [0.3, 0.4) is 0 Å². The molecule has 0 amide bonds. The van der Waals surface area contributed by atoms with E-state index in [2.05, 4.69) is 0 Å². The van der Waals surface area contributed by atoms with Crippen LogP contribution in [0.1, 0.15) is 29.8 Å². The van der Waals surface area contributed by atoms with Crippen LogP contribution in [0.2, 0.25) is 0 Å². The van der Waals surface area contributed by atoms with Gasteiger partial charge in [0.15, 0.2) is 0 Å².